The Hall–Kier alpha value is -4.24. The first kappa shape index (κ1) is 19.1. The average molecular weight is 396 g/mol. The topological polar surface area (TPSA) is 83.0 Å². The first-order chi connectivity index (χ1) is 14.5. The minimum absolute atomic E-state index is 0.0778. The molecule has 0 aliphatic heterocycles. The van der Waals surface area contributed by atoms with Gasteiger partial charge in [-0.25, -0.2) is 14.2 Å². The van der Waals surface area contributed by atoms with Gasteiger partial charge in [0.15, 0.2) is 0 Å². The number of nitrogens with zero attached hydrogens (tertiary/aromatic N) is 3. The normalized spacial score (nSPS) is 10.5. The highest BCUT2D eigenvalue weighted by atomic mass is 19.1. The highest BCUT2D eigenvalue weighted by Gasteiger charge is 2.19. The van der Waals surface area contributed by atoms with E-state index < -0.39 is 11.8 Å². The van der Waals surface area contributed by atoms with Crippen molar-refractivity contribution in [1.29, 1.82) is 5.26 Å². The molecule has 6 heteroatoms. The Labute approximate surface area is 172 Å². The van der Waals surface area contributed by atoms with E-state index in [-0.39, 0.29) is 5.69 Å². The molecule has 3 aromatic carbocycles. The number of nitrogens with two attached hydrogens (primary N) is 1. The number of pyridine rings is 1. The zero-order chi connectivity index (χ0) is 21.1. The third-order valence-electron chi connectivity index (χ3n) is 4.81. The number of benzene rings is 3. The van der Waals surface area contributed by atoms with Crippen molar-refractivity contribution in [3.63, 3.8) is 0 Å². The van der Waals surface area contributed by atoms with Crippen molar-refractivity contribution in [2.45, 2.75) is 6.42 Å². The third-order valence-corrected chi connectivity index (χ3v) is 4.81. The maximum Gasteiger partial charge on any atom is 0.323 e. The van der Waals surface area contributed by atoms with Crippen LogP contribution in [0.1, 0.15) is 16.8 Å². The summed E-state index contributed by atoms with van der Waals surface area (Å²) in [4.78, 5) is 17.3. The van der Waals surface area contributed by atoms with Crippen molar-refractivity contribution < 1.29 is 9.18 Å². The number of hydrogen-bond donors (Lipinski definition) is 1. The molecule has 30 heavy (non-hydrogen) atoms. The first-order valence-electron chi connectivity index (χ1n) is 9.27. The van der Waals surface area contributed by atoms with Crippen molar-refractivity contribution in [2.75, 3.05) is 4.90 Å². The number of primary amides is 1. The van der Waals surface area contributed by atoms with E-state index in [0.29, 0.717) is 23.4 Å². The third kappa shape index (κ3) is 3.82. The summed E-state index contributed by atoms with van der Waals surface area (Å²) in [6, 6.07) is 22.4. The molecule has 0 unspecified atom stereocenters. The zero-order valence-corrected chi connectivity index (χ0v) is 15.9. The fourth-order valence-corrected chi connectivity index (χ4v) is 3.42. The molecule has 4 aromatic rings. The number of hydrogen-bond acceptors (Lipinski definition) is 3. The number of amides is 2. The molecule has 146 valence electrons. The van der Waals surface area contributed by atoms with Crippen LogP contribution in [0.3, 0.4) is 0 Å². The van der Waals surface area contributed by atoms with Crippen molar-refractivity contribution in [2.24, 2.45) is 5.73 Å². The van der Waals surface area contributed by atoms with Crippen LogP contribution in [0.4, 0.5) is 20.6 Å². The summed E-state index contributed by atoms with van der Waals surface area (Å²) in [6.45, 7) is 0. The summed E-state index contributed by atoms with van der Waals surface area (Å²) in [7, 11) is 0. The molecule has 0 atom stereocenters. The predicted octanol–water partition coefficient (Wildman–Crippen LogP) is 5.05. The van der Waals surface area contributed by atoms with Crippen molar-refractivity contribution in [1.82, 2.24) is 4.98 Å². The van der Waals surface area contributed by atoms with Gasteiger partial charge in [-0.2, -0.15) is 5.26 Å². The zero-order valence-electron chi connectivity index (χ0n) is 15.9. The van der Waals surface area contributed by atoms with Crippen LogP contribution in [0.25, 0.3) is 10.8 Å². The van der Waals surface area contributed by atoms with Gasteiger partial charge in [0, 0.05) is 6.20 Å². The maximum atomic E-state index is 15.0. The van der Waals surface area contributed by atoms with E-state index in [1.165, 1.54) is 12.1 Å². The number of carbonyl (C=O) groups excluding carboxylic acids is 1. The van der Waals surface area contributed by atoms with Gasteiger partial charge in [-0.05, 0) is 64.7 Å². The number of anilines is 2. The highest BCUT2D eigenvalue weighted by molar-refractivity contribution is 6.00. The van der Waals surface area contributed by atoms with E-state index in [9.17, 15) is 9.18 Å². The molecule has 0 saturated carbocycles. The van der Waals surface area contributed by atoms with Crippen LogP contribution in [0.2, 0.25) is 0 Å². The number of halogens is 1. The Morgan fingerprint density at radius 1 is 1.00 bits per heavy atom. The van der Waals surface area contributed by atoms with Gasteiger partial charge < -0.3 is 5.73 Å². The van der Waals surface area contributed by atoms with Crippen LogP contribution in [0.5, 0.6) is 0 Å². The van der Waals surface area contributed by atoms with Crippen LogP contribution in [0.15, 0.2) is 79.0 Å². The van der Waals surface area contributed by atoms with Gasteiger partial charge in [-0.3, -0.25) is 4.90 Å². The molecule has 5 nitrogen and oxygen atoms in total. The minimum atomic E-state index is -0.773. The second-order valence-electron chi connectivity index (χ2n) is 6.83. The Bertz CT molecular complexity index is 1300. The molecule has 2 N–H and O–H groups in total. The van der Waals surface area contributed by atoms with E-state index in [1.54, 1.807) is 36.5 Å². The van der Waals surface area contributed by atoms with Gasteiger partial charge in [0.1, 0.15) is 17.6 Å². The lowest BCUT2D eigenvalue weighted by Crippen LogP contribution is -2.32. The standard InChI is InChI=1S/C24H17FN4O/c25-22-13-16(11-17-9-10-28-20(12-17)15-26)5-8-23(22)29(24(27)30)21-7-6-18-3-1-2-4-19(18)14-21/h1-10,12-14H,11H2,(H2,27,30). The molecule has 1 aromatic heterocycles. The summed E-state index contributed by atoms with van der Waals surface area (Å²) < 4.78 is 15.0. The molecule has 0 bridgehead atoms. The van der Waals surface area contributed by atoms with E-state index >= 15 is 0 Å². The summed E-state index contributed by atoms with van der Waals surface area (Å²) in [5.74, 6) is -0.561. The Morgan fingerprint density at radius 2 is 1.77 bits per heavy atom. The van der Waals surface area contributed by atoms with E-state index in [4.69, 9.17) is 11.0 Å². The lowest BCUT2D eigenvalue weighted by molar-refractivity contribution is 0.256. The van der Waals surface area contributed by atoms with Gasteiger partial charge >= 0.3 is 6.03 Å². The number of nitriles is 1. The molecule has 0 aliphatic rings. The molecule has 1 heterocycles. The second kappa shape index (κ2) is 8.02. The van der Waals surface area contributed by atoms with Gasteiger partial charge in [0.05, 0.1) is 11.4 Å². The first-order valence-corrected chi connectivity index (χ1v) is 9.27. The molecule has 0 aliphatic carbocycles. The largest absolute Gasteiger partial charge is 0.351 e. The van der Waals surface area contributed by atoms with Crippen molar-refractivity contribution >= 4 is 28.2 Å². The summed E-state index contributed by atoms with van der Waals surface area (Å²) in [5.41, 5.74) is 8.01. The van der Waals surface area contributed by atoms with E-state index in [0.717, 1.165) is 21.2 Å². The SMILES string of the molecule is N#Cc1cc(Cc2ccc(N(C(N)=O)c3ccc4ccccc4c3)c(F)c2)ccn1. The molecular weight excluding hydrogens is 379 g/mol. The van der Waals surface area contributed by atoms with Crippen molar-refractivity contribution in [3.8, 4) is 6.07 Å². The summed E-state index contributed by atoms with van der Waals surface area (Å²) in [5, 5.41) is 10.9. The number of urea groups is 1. The van der Waals surface area contributed by atoms with Gasteiger partial charge in [0.2, 0.25) is 0 Å². The van der Waals surface area contributed by atoms with Crippen LogP contribution < -0.4 is 10.6 Å². The molecular formula is C24H17FN4O. The number of aromatic nitrogens is 1. The Kier molecular flexibility index (Phi) is 5.10. The summed E-state index contributed by atoms with van der Waals surface area (Å²) in [6.07, 6.45) is 1.98. The Morgan fingerprint density at radius 3 is 2.50 bits per heavy atom. The average Bonchev–Trinajstić information content (AvgIpc) is 2.75. The fourth-order valence-electron chi connectivity index (χ4n) is 3.42. The molecule has 0 spiro atoms. The quantitative estimate of drug-likeness (QED) is 0.524. The summed E-state index contributed by atoms with van der Waals surface area (Å²) >= 11 is 0. The Balaban J connectivity index is 1.68. The number of rotatable bonds is 4. The highest BCUT2D eigenvalue weighted by Crippen LogP contribution is 2.31. The number of fused-ring (bicyclic) bond motifs is 1. The lowest BCUT2D eigenvalue weighted by Gasteiger charge is -2.22. The molecule has 0 radical (unpaired) electrons. The molecule has 0 fully saturated rings. The van der Waals surface area contributed by atoms with Crippen LogP contribution in [-0.4, -0.2) is 11.0 Å². The monoisotopic (exact) mass is 396 g/mol. The predicted molar refractivity (Wildman–Crippen MR) is 114 cm³/mol. The second-order valence-corrected chi connectivity index (χ2v) is 6.83. The molecule has 0 saturated heterocycles. The van der Waals surface area contributed by atoms with Crippen LogP contribution in [-0.2, 0) is 6.42 Å². The van der Waals surface area contributed by atoms with E-state index in [1.807, 2.05) is 36.4 Å². The van der Waals surface area contributed by atoms with Crippen LogP contribution in [0, 0.1) is 17.1 Å². The fraction of sp³-hybridized carbons (Fsp3) is 0.0417. The molecule has 2 amide bonds. The smallest absolute Gasteiger partial charge is 0.323 e. The maximum absolute atomic E-state index is 15.0. The van der Waals surface area contributed by atoms with Gasteiger partial charge in [-0.15, -0.1) is 0 Å². The minimum Gasteiger partial charge on any atom is -0.351 e. The van der Waals surface area contributed by atoms with Crippen molar-refractivity contribution in [3.05, 3.63) is 102 Å². The van der Waals surface area contributed by atoms with Gasteiger partial charge in [-0.1, -0.05) is 36.4 Å². The number of carbonyl (C=O) groups is 1. The molecule has 4 rings (SSSR count). The van der Waals surface area contributed by atoms with Crippen LogP contribution >= 0.6 is 0 Å². The van der Waals surface area contributed by atoms with Gasteiger partial charge in [0.25, 0.3) is 0 Å². The van der Waals surface area contributed by atoms with E-state index in [2.05, 4.69) is 4.98 Å². The lowest BCUT2D eigenvalue weighted by atomic mass is 10.0.